The number of nitrogens with zero attached hydrogens (tertiary/aromatic N) is 1. The lowest BCUT2D eigenvalue weighted by atomic mass is 10.1. The van der Waals surface area contributed by atoms with Gasteiger partial charge in [-0.3, -0.25) is 4.90 Å². The Kier molecular flexibility index (Phi) is 5.26. The molecule has 0 saturated heterocycles. The van der Waals surface area contributed by atoms with E-state index in [4.69, 9.17) is 4.42 Å². The molecule has 1 unspecified atom stereocenters. The van der Waals surface area contributed by atoms with Crippen LogP contribution in [0.1, 0.15) is 19.1 Å². The van der Waals surface area contributed by atoms with E-state index in [0.717, 1.165) is 30.1 Å². The third kappa shape index (κ3) is 3.84. The molecule has 1 heterocycles. The minimum atomic E-state index is 0.731. The molecular formula is C11H18BrNO. The second kappa shape index (κ2) is 6.25. The van der Waals surface area contributed by atoms with Crippen LogP contribution in [0.5, 0.6) is 0 Å². The molecule has 0 N–H and O–H groups in total. The maximum absolute atomic E-state index is 5.30. The Hall–Kier alpha value is -0.280. The van der Waals surface area contributed by atoms with E-state index in [1.807, 2.05) is 12.1 Å². The summed E-state index contributed by atoms with van der Waals surface area (Å²) in [6.07, 6.45) is 2.94. The standard InChI is InChI=1S/C11H18BrNO/c1-3-10(7-12)8-13(2)9-11-5-4-6-14-11/h4-6,10H,3,7-9H2,1-2H3. The van der Waals surface area contributed by atoms with E-state index in [1.54, 1.807) is 6.26 Å². The summed E-state index contributed by atoms with van der Waals surface area (Å²) in [5, 5.41) is 1.08. The van der Waals surface area contributed by atoms with Gasteiger partial charge in [0.15, 0.2) is 0 Å². The predicted octanol–water partition coefficient (Wildman–Crippen LogP) is 3.13. The lowest BCUT2D eigenvalue weighted by molar-refractivity contribution is 0.257. The average Bonchev–Trinajstić information content (AvgIpc) is 2.66. The molecular weight excluding hydrogens is 242 g/mol. The van der Waals surface area contributed by atoms with Crippen LogP contribution in [0.25, 0.3) is 0 Å². The molecule has 0 aliphatic heterocycles. The number of hydrogen-bond donors (Lipinski definition) is 0. The monoisotopic (exact) mass is 259 g/mol. The Morgan fingerprint density at radius 2 is 2.36 bits per heavy atom. The Morgan fingerprint density at radius 1 is 1.57 bits per heavy atom. The van der Waals surface area contributed by atoms with Gasteiger partial charge in [-0.1, -0.05) is 29.3 Å². The van der Waals surface area contributed by atoms with E-state index in [2.05, 4.69) is 34.8 Å². The SMILES string of the molecule is CCC(CBr)CN(C)Cc1ccco1. The van der Waals surface area contributed by atoms with E-state index in [9.17, 15) is 0 Å². The Balaban J connectivity index is 2.31. The van der Waals surface area contributed by atoms with Gasteiger partial charge in [0.25, 0.3) is 0 Å². The van der Waals surface area contributed by atoms with Crippen molar-refractivity contribution >= 4 is 15.9 Å². The third-order valence-electron chi connectivity index (χ3n) is 2.37. The lowest BCUT2D eigenvalue weighted by Crippen LogP contribution is -2.25. The molecule has 1 rings (SSSR count). The molecule has 2 nitrogen and oxygen atoms in total. The summed E-state index contributed by atoms with van der Waals surface area (Å²) in [4.78, 5) is 2.30. The maximum atomic E-state index is 5.30. The van der Waals surface area contributed by atoms with Crippen molar-refractivity contribution in [1.29, 1.82) is 0 Å². The predicted molar refractivity (Wildman–Crippen MR) is 62.6 cm³/mol. The molecule has 0 fully saturated rings. The van der Waals surface area contributed by atoms with Crippen LogP contribution in [-0.4, -0.2) is 23.8 Å². The van der Waals surface area contributed by atoms with Crippen LogP contribution in [0.3, 0.4) is 0 Å². The summed E-state index contributed by atoms with van der Waals surface area (Å²) < 4.78 is 5.30. The molecule has 1 aromatic rings. The number of alkyl halides is 1. The fourth-order valence-corrected chi connectivity index (χ4v) is 2.12. The van der Waals surface area contributed by atoms with Gasteiger partial charge in [0.1, 0.15) is 5.76 Å². The van der Waals surface area contributed by atoms with E-state index in [-0.39, 0.29) is 0 Å². The van der Waals surface area contributed by atoms with Crippen LogP contribution >= 0.6 is 15.9 Å². The van der Waals surface area contributed by atoms with Crippen LogP contribution in [0.15, 0.2) is 22.8 Å². The highest BCUT2D eigenvalue weighted by Gasteiger charge is 2.09. The zero-order valence-electron chi connectivity index (χ0n) is 8.87. The quantitative estimate of drug-likeness (QED) is 0.730. The Labute approximate surface area is 94.4 Å². The van der Waals surface area contributed by atoms with Crippen LogP contribution < -0.4 is 0 Å². The molecule has 14 heavy (non-hydrogen) atoms. The van der Waals surface area contributed by atoms with Gasteiger partial charge in [-0.15, -0.1) is 0 Å². The van der Waals surface area contributed by atoms with Gasteiger partial charge < -0.3 is 4.42 Å². The molecule has 0 radical (unpaired) electrons. The van der Waals surface area contributed by atoms with E-state index in [1.165, 1.54) is 6.42 Å². The second-order valence-electron chi connectivity index (χ2n) is 3.70. The van der Waals surface area contributed by atoms with Crippen molar-refractivity contribution < 1.29 is 4.42 Å². The van der Waals surface area contributed by atoms with Gasteiger partial charge in [0, 0.05) is 11.9 Å². The van der Waals surface area contributed by atoms with Crippen LogP contribution in [-0.2, 0) is 6.54 Å². The molecule has 3 heteroatoms. The highest BCUT2D eigenvalue weighted by atomic mass is 79.9. The van der Waals surface area contributed by atoms with Gasteiger partial charge >= 0.3 is 0 Å². The molecule has 0 spiro atoms. The molecule has 1 atom stereocenters. The molecule has 80 valence electrons. The van der Waals surface area contributed by atoms with E-state index < -0.39 is 0 Å². The van der Waals surface area contributed by atoms with Gasteiger partial charge in [0.2, 0.25) is 0 Å². The van der Waals surface area contributed by atoms with Crippen LogP contribution in [0.2, 0.25) is 0 Å². The summed E-state index contributed by atoms with van der Waals surface area (Å²) in [6.45, 7) is 4.24. The molecule has 0 aliphatic rings. The lowest BCUT2D eigenvalue weighted by Gasteiger charge is -2.20. The highest BCUT2D eigenvalue weighted by Crippen LogP contribution is 2.10. The topological polar surface area (TPSA) is 16.4 Å². The summed E-state index contributed by atoms with van der Waals surface area (Å²) in [6, 6.07) is 3.95. The Morgan fingerprint density at radius 3 is 2.86 bits per heavy atom. The van der Waals surface area contributed by atoms with Crippen molar-refractivity contribution in [2.75, 3.05) is 18.9 Å². The molecule has 1 aromatic heterocycles. The molecule has 0 amide bonds. The van der Waals surface area contributed by atoms with Gasteiger partial charge in [-0.05, 0) is 25.1 Å². The number of halogens is 1. The molecule has 0 saturated carbocycles. The maximum Gasteiger partial charge on any atom is 0.117 e. The first kappa shape index (κ1) is 11.8. The van der Waals surface area contributed by atoms with Crippen LogP contribution in [0, 0.1) is 5.92 Å². The minimum Gasteiger partial charge on any atom is -0.468 e. The van der Waals surface area contributed by atoms with Crippen molar-refractivity contribution in [1.82, 2.24) is 4.90 Å². The van der Waals surface area contributed by atoms with Crippen molar-refractivity contribution in [3.8, 4) is 0 Å². The van der Waals surface area contributed by atoms with Crippen molar-refractivity contribution in [3.63, 3.8) is 0 Å². The van der Waals surface area contributed by atoms with Crippen molar-refractivity contribution in [2.45, 2.75) is 19.9 Å². The fourth-order valence-electron chi connectivity index (χ4n) is 1.46. The van der Waals surface area contributed by atoms with E-state index >= 15 is 0 Å². The molecule has 0 bridgehead atoms. The first-order valence-electron chi connectivity index (χ1n) is 5.03. The van der Waals surface area contributed by atoms with E-state index in [0.29, 0.717) is 0 Å². The number of hydrogen-bond acceptors (Lipinski definition) is 2. The smallest absolute Gasteiger partial charge is 0.117 e. The molecule has 0 aliphatic carbocycles. The normalized spacial score (nSPS) is 13.4. The first-order chi connectivity index (χ1) is 6.76. The summed E-state index contributed by atoms with van der Waals surface area (Å²) in [7, 11) is 2.13. The summed E-state index contributed by atoms with van der Waals surface area (Å²) in [5.41, 5.74) is 0. The summed E-state index contributed by atoms with van der Waals surface area (Å²) >= 11 is 3.53. The van der Waals surface area contributed by atoms with Crippen molar-refractivity contribution in [2.24, 2.45) is 5.92 Å². The summed E-state index contributed by atoms with van der Waals surface area (Å²) in [5.74, 6) is 1.77. The Bertz CT molecular complexity index is 231. The first-order valence-corrected chi connectivity index (χ1v) is 6.15. The van der Waals surface area contributed by atoms with Gasteiger partial charge in [-0.25, -0.2) is 0 Å². The van der Waals surface area contributed by atoms with Crippen molar-refractivity contribution in [3.05, 3.63) is 24.2 Å². The number of rotatable bonds is 6. The largest absolute Gasteiger partial charge is 0.468 e. The number of furan rings is 1. The van der Waals surface area contributed by atoms with Gasteiger partial charge in [-0.2, -0.15) is 0 Å². The van der Waals surface area contributed by atoms with Crippen LogP contribution in [0.4, 0.5) is 0 Å². The third-order valence-corrected chi connectivity index (χ3v) is 3.29. The minimum absolute atomic E-state index is 0.731. The zero-order chi connectivity index (χ0) is 10.4. The second-order valence-corrected chi connectivity index (χ2v) is 4.35. The zero-order valence-corrected chi connectivity index (χ0v) is 10.5. The fraction of sp³-hybridized carbons (Fsp3) is 0.636. The average molecular weight is 260 g/mol. The van der Waals surface area contributed by atoms with Gasteiger partial charge in [0.05, 0.1) is 12.8 Å². The molecule has 0 aromatic carbocycles. The highest BCUT2D eigenvalue weighted by molar-refractivity contribution is 9.09.